The van der Waals surface area contributed by atoms with E-state index in [0.29, 0.717) is 11.1 Å². The zero-order valence-corrected chi connectivity index (χ0v) is 19.3. The maximum atomic E-state index is 13.0. The molecule has 0 aromatic heterocycles. The highest BCUT2D eigenvalue weighted by Gasteiger charge is 2.86. The van der Waals surface area contributed by atoms with Crippen LogP contribution in [0.15, 0.2) is 23.3 Å². The zero-order chi connectivity index (χ0) is 24.0. The zero-order valence-electron chi connectivity index (χ0n) is 19.3. The number of aliphatic hydroxyl groups is 3. The van der Waals surface area contributed by atoms with E-state index in [2.05, 4.69) is 0 Å². The molecule has 0 aromatic carbocycles. The van der Waals surface area contributed by atoms with Gasteiger partial charge in [0.05, 0.1) is 11.7 Å². The van der Waals surface area contributed by atoms with Crippen molar-refractivity contribution in [2.75, 3.05) is 6.61 Å². The van der Waals surface area contributed by atoms with Gasteiger partial charge >= 0.3 is 11.9 Å². The van der Waals surface area contributed by atoms with Crippen LogP contribution in [0.4, 0.5) is 0 Å². The largest absolute Gasteiger partial charge is 0.461 e. The molecule has 0 radical (unpaired) electrons. The van der Waals surface area contributed by atoms with E-state index in [4.69, 9.17) is 9.47 Å². The normalized spacial score (nSPS) is 46.0. The standard InChI is InChI=1S/C24H32O8/c1-11-7-17-22(29,19(11)27)9-15(10-31-13(3)25)8-16-18-21(5,6)24(18,32-14(4)26)20(28)12(2)23(16,17)30/h7-8,12,16-18,20,28-30H,9-10H2,1-6H3/t12-,16+,17-,18-,20-,22-,23-,24?/m1/s1. The molecule has 0 aromatic rings. The summed E-state index contributed by atoms with van der Waals surface area (Å²) in [6.07, 6.45) is 2.04. The lowest BCUT2D eigenvalue weighted by Crippen LogP contribution is -2.65. The second kappa shape index (κ2) is 6.74. The van der Waals surface area contributed by atoms with Crippen molar-refractivity contribution in [1.29, 1.82) is 0 Å². The van der Waals surface area contributed by atoms with Crippen LogP contribution >= 0.6 is 0 Å². The Morgan fingerprint density at radius 2 is 1.78 bits per heavy atom. The number of ketones is 1. The van der Waals surface area contributed by atoms with E-state index in [1.54, 1.807) is 26.0 Å². The summed E-state index contributed by atoms with van der Waals surface area (Å²) in [7, 11) is 0. The molecule has 0 aliphatic heterocycles. The molecule has 8 heteroatoms. The molecule has 0 amide bonds. The molecule has 4 aliphatic rings. The van der Waals surface area contributed by atoms with Crippen LogP contribution in [0.5, 0.6) is 0 Å². The molecule has 8 nitrogen and oxygen atoms in total. The van der Waals surface area contributed by atoms with Crippen molar-refractivity contribution in [3.05, 3.63) is 23.3 Å². The maximum absolute atomic E-state index is 13.0. The van der Waals surface area contributed by atoms with Crippen LogP contribution < -0.4 is 0 Å². The molecule has 4 rings (SSSR count). The van der Waals surface area contributed by atoms with Gasteiger partial charge in [-0.2, -0.15) is 0 Å². The van der Waals surface area contributed by atoms with E-state index in [1.807, 2.05) is 13.8 Å². The van der Waals surface area contributed by atoms with Crippen molar-refractivity contribution in [1.82, 2.24) is 0 Å². The summed E-state index contributed by atoms with van der Waals surface area (Å²) < 4.78 is 10.9. The van der Waals surface area contributed by atoms with Crippen molar-refractivity contribution >= 4 is 17.7 Å². The maximum Gasteiger partial charge on any atom is 0.303 e. The molecule has 0 spiro atoms. The van der Waals surface area contributed by atoms with Gasteiger partial charge in [-0.25, -0.2) is 0 Å². The molecular weight excluding hydrogens is 416 g/mol. The first kappa shape index (κ1) is 23.1. The number of carbonyl (C=O) groups excluding carboxylic acids is 3. The SMILES string of the molecule is CC(=O)OCC1=C[C@H]2[C@@H]3C(C)(C)C3(OC(C)=O)[C@H](O)[C@@H](C)[C@]2(O)[C@@H]2C=C(C)C(=O)[C@@]2(O)C1. The minimum Gasteiger partial charge on any atom is -0.461 e. The molecule has 4 aliphatic carbocycles. The van der Waals surface area contributed by atoms with Crippen molar-refractivity contribution < 1.29 is 39.2 Å². The van der Waals surface area contributed by atoms with Crippen LogP contribution in [-0.4, -0.2) is 62.6 Å². The fourth-order valence-corrected chi connectivity index (χ4v) is 7.09. The van der Waals surface area contributed by atoms with E-state index in [1.165, 1.54) is 13.8 Å². The lowest BCUT2D eigenvalue weighted by Gasteiger charge is -2.52. The Balaban J connectivity index is 1.91. The highest BCUT2D eigenvalue weighted by molar-refractivity contribution is 6.04. The summed E-state index contributed by atoms with van der Waals surface area (Å²) in [5, 5.41) is 35.2. The highest BCUT2D eigenvalue weighted by atomic mass is 16.6. The monoisotopic (exact) mass is 448 g/mol. The third-order valence-electron chi connectivity index (χ3n) is 8.56. The molecule has 0 bridgehead atoms. The topological polar surface area (TPSA) is 130 Å². The summed E-state index contributed by atoms with van der Waals surface area (Å²) in [6, 6.07) is 0. The van der Waals surface area contributed by atoms with Gasteiger partial charge in [0, 0.05) is 49.4 Å². The second-order valence-electron chi connectivity index (χ2n) is 10.6. The predicted octanol–water partition coefficient (Wildman–Crippen LogP) is 1.07. The number of aliphatic hydroxyl groups excluding tert-OH is 1. The quantitative estimate of drug-likeness (QED) is 0.432. The van der Waals surface area contributed by atoms with Gasteiger partial charge in [0.2, 0.25) is 0 Å². The molecule has 3 N–H and O–H groups in total. The number of rotatable bonds is 3. The van der Waals surface area contributed by atoms with Crippen LogP contribution in [0.25, 0.3) is 0 Å². The molecule has 2 saturated carbocycles. The number of fused-ring (bicyclic) bond motifs is 5. The van der Waals surface area contributed by atoms with Gasteiger partial charge in [0.25, 0.3) is 0 Å². The first-order valence-corrected chi connectivity index (χ1v) is 11.0. The Morgan fingerprint density at radius 3 is 2.34 bits per heavy atom. The third-order valence-corrected chi connectivity index (χ3v) is 8.56. The Kier molecular flexibility index (Phi) is 4.88. The van der Waals surface area contributed by atoms with Crippen LogP contribution in [0.3, 0.4) is 0 Å². The molecule has 0 heterocycles. The second-order valence-corrected chi connectivity index (χ2v) is 10.6. The van der Waals surface area contributed by atoms with Crippen molar-refractivity contribution in [3.8, 4) is 0 Å². The minimum atomic E-state index is -1.92. The number of hydrogen-bond acceptors (Lipinski definition) is 8. The Labute approximate surface area is 187 Å². The van der Waals surface area contributed by atoms with Gasteiger partial charge in [-0.15, -0.1) is 0 Å². The summed E-state index contributed by atoms with van der Waals surface area (Å²) in [5.74, 6) is -4.45. The molecule has 176 valence electrons. The van der Waals surface area contributed by atoms with E-state index in [-0.39, 0.29) is 13.0 Å². The highest BCUT2D eigenvalue weighted by Crippen LogP contribution is 2.76. The number of ether oxygens (including phenoxy) is 2. The Bertz CT molecular complexity index is 963. The minimum absolute atomic E-state index is 0.104. The molecule has 0 saturated heterocycles. The van der Waals surface area contributed by atoms with Gasteiger partial charge in [-0.05, 0) is 18.1 Å². The molecule has 1 unspecified atom stereocenters. The number of esters is 2. The van der Waals surface area contributed by atoms with Crippen molar-refractivity contribution in [2.45, 2.75) is 70.9 Å². The summed E-state index contributed by atoms with van der Waals surface area (Å²) >= 11 is 0. The van der Waals surface area contributed by atoms with Gasteiger partial charge < -0.3 is 24.8 Å². The average Bonchev–Trinajstić information content (AvgIpc) is 3.11. The fourth-order valence-electron chi connectivity index (χ4n) is 7.09. The van der Waals surface area contributed by atoms with Gasteiger partial charge in [0.15, 0.2) is 5.78 Å². The van der Waals surface area contributed by atoms with E-state index >= 15 is 0 Å². The van der Waals surface area contributed by atoms with Gasteiger partial charge in [-0.3, -0.25) is 14.4 Å². The van der Waals surface area contributed by atoms with E-state index < -0.39 is 69.7 Å². The molecule has 8 atom stereocenters. The lowest BCUT2D eigenvalue weighted by molar-refractivity contribution is -0.218. The van der Waals surface area contributed by atoms with Crippen LogP contribution in [0.2, 0.25) is 0 Å². The van der Waals surface area contributed by atoms with Crippen molar-refractivity contribution in [3.63, 3.8) is 0 Å². The fraction of sp³-hybridized carbons (Fsp3) is 0.708. The third kappa shape index (κ3) is 2.63. The number of Topliss-reactive ketones (excluding diaryl/α,β-unsaturated/α-hetero) is 1. The Morgan fingerprint density at radius 1 is 1.16 bits per heavy atom. The molecule has 32 heavy (non-hydrogen) atoms. The number of carbonyl (C=O) groups is 3. The first-order valence-electron chi connectivity index (χ1n) is 11.0. The summed E-state index contributed by atoms with van der Waals surface area (Å²) in [5.41, 5.74) is -4.65. The molecular formula is C24H32O8. The van der Waals surface area contributed by atoms with Crippen LogP contribution in [0, 0.1) is 29.1 Å². The lowest BCUT2D eigenvalue weighted by atomic mass is 9.59. The van der Waals surface area contributed by atoms with Crippen LogP contribution in [0.1, 0.15) is 48.0 Å². The van der Waals surface area contributed by atoms with E-state index in [9.17, 15) is 29.7 Å². The smallest absolute Gasteiger partial charge is 0.303 e. The van der Waals surface area contributed by atoms with Gasteiger partial charge in [0.1, 0.15) is 17.8 Å². The predicted molar refractivity (Wildman–Crippen MR) is 112 cm³/mol. The van der Waals surface area contributed by atoms with Crippen molar-refractivity contribution in [2.24, 2.45) is 29.1 Å². The first-order chi connectivity index (χ1) is 14.7. The van der Waals surface area contributed by atoms with E-state index in [0.717, 1.165) is 0 Å². The average molecular weight is 449 g/mol. The summed E-state index contributed by atoms with van der Waals surface area (Å²) in [6.45, 7) is 9.43. The van der Waals surface area contributed by atoms with Gasteiger partial charge in [-0.1, -0.05) is 32.9 Å². The molecule has 2 fully saturated rings. The number of hydrogen-bond donors (Lipinski definition) is 3. The Hall–Kier alpha value is -2.03. The summed E-state index contributed by atoms with van der Waals surface area (Å²) in [4.78, 5) is 36.5. The van der Waals surface area contributed by atoms with Crippen LogP contribution in [-0.2, 0) is 23.9 Å².